The molecule has 0 spiro atoms. The molecule has 0 radical (unpaired) electrons. The Labute approximate surface area is 107 Å². The van der Waals surface area contributed by atoms with Gasteiger partial charge in [0.15, 0.2) is 5.69 Å². The van der Waals surface area contributed by atoms with E-state index in [0.717, 1.165) is 18.8 Å². The van der Waals surface area contributed by atoms with Crippen molar-refractivity contribution in [2.75, 3.05) is 0 Å². The predicted octanol–water partition coefficient (Wildman–Crippen LogP) is 2.00. The molecule has 100 valence electrons. The van der Waals surface area contributed by atoms with Crippen LogP contribution in [0.25, 0.3) is 0 Å². The van der Waals surface area contributed by atoms with Gasteiger partial charge in [-0.2, -0.15) is 0 Å². The summed E-state index contributed by atoms with van der Waals surface area (Å²) in [4.78, 5) is 16.0. The normalized spacial score (nSPS) is 25.7. The van der Waals surface area contributed by atoms with Gasteiger partial charge in [-0.25, -0.2) is 4.98 Å². The van der Waals surface area contributed by atoms with Gasteiger partial charge in [-0.3, -0.25) is 4.79 Å². The van der Waals surface area contributed by atoms with Crippen molar-refractivity contribution >= 4 is 5.91 Å². The van der Waals surface area contributed by atoms with Crippen LogP contribution in [0, 0.1) is 5.92 Å². The molecule has 1 aliphatic rings. The lowest BCUT2D eigenvalue weighted by atomic mass is 9.87. The van der Waals surface area contributed by atoms with Gasteiger partial charge in [-0.05, 0) is 38.5 Å². The van der Waals surface area contributed by atoms with Crippen LogP contribution in [0.4, 0.5) is 0 Å². The zero-order valence-electron chi connectivity index (χ0n) is 11.0. The molecule has 1 atom stereocenters. The zero-order valence-corrected chi connectivity index (χ0v) is 11.0. The van der Waals surface area contributed by atoms with Crippen molar-refractivity contribution in [3.63, 3.8) is 0 Å². The fourth-order valence-corrected chi connectivity index (χ4v) is 2.26. The maximum absolute atomic E-state index is 12.0. The van der Waals surface area contributed by atoms with E-state index in [2.05, 4.69) is 17.2 Å². The SMILES string of the molecule is CC1CCC(NC(=O)c2coc(C(C)N)n2)CC1. The van der Waals surface area contributed by atoms with E-state index in [1.807, 2.05) is 0 Å². The minimum Gasteiger partial charge on any atom is -0.446 e. The Bertz CT molecular complexity index is 406. The highest BCUT2D eigenvalue weighted by Crippen LogP contribution is 2.23. The molecule has 2 rings (SSSR count). The minimum absolute atomic E-state index is 0.162. The summed E-state index contributed by atoms with van der Waals surface area (Å²) in [6.45, 7) is 4.03. The van der Waals surface area contributed by atoms with E-state index < -0.39 is 0 Å². The van der Waals surface area contributed by atoms with Gasteiger partial charge >= 0.3 is 0 Å². The lowest BCUT2D eigenvalue weighted by Gasteiger charge is -2.26. The number of hydrogen-bond donors (Lipinski definition) is 2. The summed E-state index contributed by atoms with van der Waals surface area (Å²) in [6.07, 6.45) is 5.82. The molecule has 0 aliphatic heterocycles. The van der Waals surface area contributed by atoms with Crippen LogP contribution in [0.2, 0.25) is 0 Å². The van der Waals surface area contributed by atoms with Crippen molar-refractivity contribution in [1.29, 1.82) is 0 Å². The van der Waals surface area contributed by atoms with Gasteiger partial charge in [0.05, 0.1) is 6.04 Å². The molecule has 1 fully saturated rings. The number of nitrogens with one attached hydrogen (secondary N) is 1. The predicted molar refractivity (Wildman–Crippen MR) is 68.0 cm³/mol. The van der Waals surface area contributed by atoms with Crippen LogP contribution in [0.3, 0.4) is 0 Å². The number of aromatic nitrogens is 1. The molecule has 1 aromatic heterocycles. The van der Waals surface area contributed by atoms with Gasteiger partial charge in [-0.1, -0.05) is 6.92 Å². The van der Waals surface area contributed by atoms with Gasteiger partial charge < -0.3 is 15.5 Å². The van der Waals surface area contributed by atoms with Crippen molar-refractivity contribution in [2.45, 2.75) is 51.6 Å². The molecule has 1 unspecified atom stereocenters. The largest absolute Gasteiger partial charge is 0.446 e. The number of nitrogens with zero attached hydrogens (tertiary/aromatic N) is 1. The van der Waals surface area contributed by atoms with Crippen LogP contribution in [0.5, 0.6) is 0 Å². The van der Waals surface area contributed by atoms with Gasteiger partial charge in [-0.15, -0.1) is 0 Å². The molecule has 18 heavy (non-hydrogen) atoms. The summed E-state index contributed by atoms with van der Waals surface area (Å²) in [5, 5.41) is 3.01. The Hall–Kier alpha value is -1.36. The second-order valence-corrected chi connectivity index (χ2v) is 5.29. The first-order chi connectivity index (χ1) is 8.56. The molecular weight excluding hydrogens is 230 g/mol. The van der Waals surface area contributed by atoms with Crippen LogP contribution < -0.4 is 11.1 Å². The molecule has 1 heterocycles. The smallest absolute Gasteiger partial charge is 0.273 e. The number of carbonyl (C=O) groups is 1. The summed E-state index contributed by atoms with van der Waals surface area (Å²) < 4.78 is 5.16. The monoisotopic (exact) mass is 251 g/mol. The average molecular weight is 251 g/mol. The molecule has 5 nitrogen and oxygen atoms in total. The summed E-state index contributed by atoms with van der Waals surface area (Å²) >= 11 is 0. The summed E-state index contributed by atoms with van der Waals surface area (Å²) in [5.41, 5.74) is 5.96. The zero-order chi connectivity index (χ0) is 13.1. The first-order valence-electron chi connectivity index (χ1n) is 6.58. The minimum atomic E-state index is -0.290. The van der Waals surface area contributed by atoms with Gasteiger partial charge in [0.1, 0.15) is 6.26 Å². The van der Waals surface area contributed by atoms with Crippen molar-refractivity contribution < 1.29 is 9.21 Å². The standard InChI is InChI=1S/C13H21N3O2/c1-8-3-5-10(6-4-8)15-12(17)11-7-18-13(16-11)9(2)14/h7-10H,3-6,14H2,1-2H3,(H,15,17). The van der Waals surface area contributed by atoms with E-state index in [4.69, 9.17) is 10.2 Å². The first-order valence-corrected chi connectivity index (χ1v) is 6.58. The van der Waals surface area contributed by atoms with E-state index in [0.29, 0.717) is 11.6 Å². The van der Waals surface area contributed by atoms with Gasteiger partial charge in [0.2, 0.25) is 5.89 Å². The molecule has 1 amide bonds. The lowest BCUT2D eigenvalue weighted by molar-refractivity contribution is 0.0918. The van der Waals surface area contributed by atoms with Gasteiger partial charge in [0.25, 0.3) is 5.91 Å². The van der Waals surface area contributed by atoms with E-state index in [-0.39, 0.29) is 18.0 Å². The molecule has 0 aromatic carbocycles. The molecule has 3 N–H and O–H groups in total. The maximum Gasteiger partial charge on any atom is 0.273 e. The second-order valence-electron chi connectivity index (χ2n) is 5.29. The fraction of sp³-hybridized carbons (Fsp3) is 0.692. The summed E-state index contributed by atoms with van der Waals surface area (Å²) in [7, 11) is 0. The number of oxazole rings is 1. The van der Waals surface area contributed by atoms with E-state index >= 15 is 0 Å². The quantitative estimate of drug-likeness (QED) is 0.861. The van der Waals surface area contributed by atoms with Gasteiger partial charge in [0, 0.05) is 6.04 Å². The summed E-state index contributed by atoms with van der Waals surface area (Å²) in [6, 6.07) is -0.0220. The first kappa shape index (κ1) is 13.1. The number of carbonyl (C=O) groups excluding carboxylic acids is 1. The lowest BCUT2D eigenvalue weighted by Crippen LogP contribution is -2.37. The van der Waals surface area contributed by atoms with Crippen LogP contribution in [-0.2, 0) is 0 Å². The fourth-order valence-electron chi connectivity index (χ4n) is 2.26. The van der Waals surface area contributed by atoms with E-state index in [9.17, 15) is 4.79 Å². The second kappa shape index (κ2) is 5.52. The molecule has 1 aromatic rings. The third-order valence-electron chi connectivity index (χ3n) is 3.50. The molecule has 0 saturated heterocycles. The Morgan fingerprint density at radius 3 is 2.72 bits per heavy atom. The molecular formula is C13H21N3O2. The van der Waals surface area contributed by atoms with Crippen molar-refractivity contribution in [2.24, 2.45) is 11.7 Å². The highest BCUT2D eigenvalue weighted by atomic mass is 16.3. The van der Waals surface area contributed by atoms with Crippen molar-refractivity contribution in [1.82, 2.24) is 10.3 Å². The maximum atomic E-state index is 12.0. The van der Waals surface area contributed by atoms with Crippen LogP contribution in [0.15, 0.2) is 10.7 Å². The van der Waals surface area contributed by atoms with E-state index in [1.54, 1.807) is 6.92 Å². The summed E-state index contributed by atoms with van der Waals surface area (Å²) in [5.74, 6) is 1.01. The van der Waals surface area contributed by atoms with Crippen LogP contribution in [0.1, 0.15) is 62.0 Å². The molecule has 5 heteroatoms. The number of hydrogen-bond acceptors (Lipinski definition) is 4. The Balaban J connectivity index is 1.91. The van der Waals surface area contributed by atoms with Crippen LogP contribution in [-0.4, -0.2) is 16.9 Å². The average Bonchev–Trinajstić information content (AvgIpc) is 2.81. The highest BCUT2D eigenvalue weighted by molar-refractivity contribution is 5.92. The molecule has 1 saturated carbocycles. The third kappa shape index (κ3) is 3.10. The topological polar surface area (TPSA) is 81.2 Å². The van der Waals surface area contributed by atoms with Crippen molar-refractivity contribution in [3.05, 3.63) is 17.8 Å². The number of amides is 1. The van der Waals surface area contributed by atoms with Crippen molar-refractivity contribution in [3.8, 4) is 0 Å². The molecule has 1 aliphatic carbocycles. The number of nitrogens with two attached hydrogens (primary N) is 1. The Morgan fingerprint density at radius 2 is 2.17 bits per heavy atom. The Morgan fingerprint density at radius 1 is 1.50 bits per heavy atom. The van der Waals surface area contributed by atoms with E-state index in [1.165, 1.54) is 19.1 Å². The third-order valence-corrected chi connectivity index (χ3v) is 3.50. The van der Waals surface area contributed by atoms with Crippen LogP contribution >= 0.6 is 0 Å². The number of rotatable bonds is 3. The Kier molecular flexibility index (Phi) is 4.01. The highest BCUT2D eigenvalue weighted by Gasteiger charge is 2.22. The molecule has 0 bridgehead atoms.